The molecule has 0 aromatic heterocycles. The Kier molecular flexibility index (Phi) is 2.41. The minimum absolute atomic E-state index is 1.64. The van der Waals surface area contributed by atoms with E-state index in [9.17, 15) is 0 Å². The van der Waals surface area contributed by atoms with Gasteiger partial charge in [0.15, 0.2) is 0 Å². The van der Waals surface area contributed by atoms with Gasteiger partial charge in [-0.15, -0.1) is 0 Å². The molecule has 0 aliphatic carbocycles. The van der Waals surface area contributed by atoms with E-state index in [1.165, 1.54) is 0 Å². The van der Waals surface area contributed by atoms with Gasteiger partial charge in [-0.05, 0) is 0 Å². The van der Waals surface area contributed by atoms with Gasteiger partial charge in [-0.3, -0.25) is 0 Å². The molecule has 0 aromatic carbocycles. The zero-order valence-corrected chi connectivity index (χ0v) is 6.32. The van der Waals surface area contributed by atoms with Crippen LogP contribution in [-0.2, 0) is 0 Å². The van der Waals surface area contributed by atoms with Gasteiger partial charge in [0.1, 0.15) is 0 Å². The average Bonchev–Trinajstić information content (AvgIpc) is 0.811. The molecule has 0 unspecified atom stereocenters. The van der Waals surface area contributed by atoms with E-state index < -0.39 is 20.2 Å². The fourth-order valence-electron chi connectivity index (χ4n) is 0. The summed E-state index contributed by atoms with van der Waals surface area (Å²) in [6, 6.07) is 0. The summed E-state index contributed by atoms with van der Waals surface area (Å²) in [4.78, 5) is 3.86. The summed E-state index contributed by atoms with van der Waals surface area (Å²) >= 11 is -1.64. The molecule has 0 amide bonds. The molecule has 0 aliphatic heterocycles. The van der Waals surface area contributed by atoms with E-state index in [1.54, 1.807) is 0 Å². The van der Waals surface area contributed by atoms with Crippen LogP contribution in [0.1, 0.15) is 0 Å². The Balaban J connectivity index is 2.32. The van der Waals surface area contributed by atoms with Crippen LogP contribution >= 0.6 is 0 Å². The molecule has 1 N–H and O–H groups in total. The third-order valence-corrected chi connectivity index (χ3v) is 0. The summed E-state index contributed by atoms with van der Waals surface area (Å²) in [7, 11) is 0. The molecule has 0 fully saturated rings. The zero-order chi connectivity index (χ0) is 3.58. The fourth-order valence-corrected chi connectivity index (χ4v) is 0. The Bertz CT molecular complexity index is 10.8. The molecule has 0 radical (unpaired) electrons. The molecule has 2 heteroatoms. The Hall–Kier alpha value is 0.759. The van der Waals surface area contributed by atoms with E-state index in [4.69, 9.17) is 3.44 Å². The van der Waals surface area contributed by atoms with Crippen LogP contribution in [-0.4, -0.2) is 23.6 Å². The van der Waals surface area contributed by atoms with E-state index in [1.807, 2.05) is 9.88 Å². The second-order valence-electron chi connectivity index (χ2n) is 1.09. The number of hydrogen-bond donors (Lipinski definition) is 1. The normalized spacial score (nSPS) is 9.00. The SMILES string of the molecule is [CH3][SnH]([CH3])[OH]. The van der Waals surface area contributed by atoms with Crippen molar-refractivity contribution in [3.8, 4) is 0 Å². The molecule has 1 nitrogen and oxygen atoms in total. The Labute approximate surface area is 33.9 Å². The topological polar surface area (TPSA) is 20.2 Å². The Morgan fingerprint density at radius 3 is 1.50 bits per heavy atom. The van der Waals surface area contributed by atoms with Crippen molar-refractivity contribution in [2.24, 2.45) is 0 Å². The molecule has 0 saturated heterocycles. The number of hydrogen-bond acceptors (Lipinski definition) is 1. The summed E-state index contributed by atoms with van der Waals surface area (Å²) in [5.74, 6) is 0. The van der Waals surface area contributed by atoms with Crippen LogP contribution < -0.4 is 0 Å². The molecule has 4 heavy (non-hydrogen) atoms. The van der Waals surface area contributed by atoms with E-state index >= 15 is 0 Å². The summed E-state index contributed by atoms with van der Waals surface area (Å²) in [5.41, 5.74) is 0. The van der Waals surface area contributed by atoms with Crippen LogP contribution in [0.2, 0.25) is 9.88 Å². The van der Waals surface area contributed by atoms with E-state index in [2.05, 4.69) is 0 Å². The van der Waals surface area contributed by atoms with Crippen molar-refractivity contribution >= 4 is 20.2 Å². The maximum atomic E-state index is 8.27. The summed E-state index contributed by atoms with van der Waals surface area (Å²) < 4.78 is 8.27. The third kappa shape index (κ3) is 14.8. The van der Waals surface area contributed by atoms with E-state index in [0.29, 0.717) is 0 Å². The van der Waals surface area contributed by atoms with Gasteiger partial charge < -0.3 is 0 Å². The van der Waals surface area contributed by atoms with Gasteiger partial charge in [0, 0.05) is 0 Å². The maximum absolute atomic E-state index is 8.27. The molecular weight excluding hydrogens is 159 g/mol. The predicted octanol–water partition coefficient (Wildman–Crippen LogP) is -0.0379. The molecule has 0 aliphatic rings. The van der Waals surface area contributed by atoms with Crippen LogP contribution in [0.4, 0.5) is 0 Å². The summed E-state index contributed by atoms with van der Waals surface area (Å²) in [6.07, 6.45) is 0. The molecule has 0 rings (SSSR count). The van der Waals surface area contributed by atoms with Gasteiger partial charge in [-0.2, -0.15) is 0 Å². The minimum atomic E-state index is -1.64. The molecule has 0 saturated carbocycles. The van der Waals surface area contributed by atoms with Gasteiger partial charge >= 0.3 is 33.5 Å². The first-order valence-electron chi connectivity index (χ1n) is 1.41. The molecule has 0 bridgehead atoms. The molecular formula is C2H8OSn. The first kappa shape index (κ1) is 4.76. The van der Waals surface area contributed by atoms with Crippen molar-refractivity contribution in [1.29, 1.82) is 0 Å². The monoisotopic (exact) mass is 168 g/mol. The second-order valence-corrected chi connectivity index (χ2v) is 7.34. The number of rotatable bonds is 0. The third-order valence-electron chi connectivity index (χ3n) is 0. The van der Waals surface area contributed by atoms with E-state index in [0.717, 1.165) is 0 Å². The van der Waals surface area contributed by atoms with Crippen LogP contribution in [0.5, 0.6) is 0 Å². The van der Waals surface area contributed by atoms with Crippen LogP contribution in [0, 0.1) is 0 Å². The Morgan fingerprint density at radius 2 is 1.50 bits per heavy atom. The van der Waals surface area contributed by atoms with Gasteiger partial charge in [-0.1, -0.05) is 0 Å². The zero-order valence-electron chi connectivity index (χ0n) is 3.02. The molecule has 0 spiro atoms. The first-order valence-corrected chi connectivity index (χ1v) is 9.48. The summed E-state index contributed by atoms with van der Waals surface area (Å²) in [5, 5.41) is 0. The van der Waals surface area contributed by atoms with Gasteiger partial charge in [-0.25, -0.2) is 0 Å². The predicted molar refractivity (Wildman–Crippen MR) is 21.1 cm³/mol. The Morgan fingerprint density at radius 1 is 1.50 bits per heavy atom. The van der Waals surface area contributed by atoms with Gasteiger partial charge in [0.05, 0.1) is 0 Å². The van der Waals surface area contributed by atoms with Crippen molar-refractivity contribution in [1.82, 2.24) is 0 Å². The van der Waals surface area contributed by atoms with E-state index in [-0.39, 0.29) is 0 Å². The summed E-state index contributed by atoms with van der Waals surface area (Å²) in [6.45, 7) is 0. The van der Waals surface area contributed by atoms with Crippen molar-refractivity contribution < 1.29 is 3.44 Å². The molecule has 0 heterocycles. The van der Waals surface area contributed by atoms with Crippen LogP contribution in [0.3, 0.4) is 0 Å². The van der Waals surface area contributed by atoms with Crippen molar-refractivity contribution in [2.75, 3.05) is 0 Å². The molecule has 0 aromatic rings. The second kappa shape index (κ2) is 2.02. The van der Waals surface area contributed by atoms with Crippen molar-refractivity contribution in [3.63, 3.8) is 0 Å². The van der Waals surface area contributed by atoms with Crippen molar-refractivity contribution in [2.45, 2.75) is 9.88 Å². The van der Waals surface area contributed by atoms with Crippen molar-refractivity contribution in [3.05, 3.63) is 0 Å². The quantitative estimate of drug-likeness (QED) is 0.501. The van der Waals surface area contributed by atoms with Crippen LogP contribution in [0.15, 0.2) is 0 Å². The standard InChI is InChI=1S/2CH3.H2O.Sn.H/h2*1H3;1H2;;/q;;;+1;/p-1. The average molecular weight is 167 g/mol. The van der Waals surface area contributed by atoms with Gasteiger partial charge in [0.25, 0.3) is 0 Å². The molecule has 26 valence electrons. The molecule has 0 atom stereocenters. The van der Waals surface area contributed by atoms with Gasteiger partial charge in [0.2, 0.25) is 0 Å². The van der Waals surface area contributed by atoms with Crippen LogP contribution in [0.25, 0.3) is 0 Å². The fraction of sp³-hybridized carbons (Fsp3) is 1.00. The first-order chi connectivity index (χ1) is 1.73.